The molecule has 5 N–H and O–H groups in total. The molecule has 30 heteroatoms. The molecule has 2 heterocycles. The molecule has 2 aromatic heterocycles. The molecule has 5 rings (SSSR count). The summed E-state index contributed by atoms with van der Waals surface area (Å²) in [5.41, 5.74) is 0.736. The number of hydrogen-bond acceptors (Lipinski definition) is 21. The number of amides is 6. The number of thiazole rings is 1. The van der Waals surface area contributed by atoms with Crippen LogP contribution in [0.15, 0.2) is 36.0 Å². The minimum Gasteiger partial charge on any atom is -0.496 e. The number of nitrogens with one attached hydrogen (secondary N) is 4. The fraction of sp³-hybridized carbons (Fsp3) is 0.702. The molecule has 4 atom stereocenters. The van der Waals surface area contributed by atoms with Gasteiger partial charge in [0.25, 0.3) is 21.9 Å². The molecule has 6 amide bonds. The van der Waals surface area contributed by atoms with Crippen LogP contribution in [0.1, 0.15) is 91.5 Å². The third kappa shape index (κ3) is 29.0. The van der Waals surface area contributed by atoms with E-state index in [1.807, 2.05) is 5.38 Å². The predicted octanol–water partition coefficient (Wildman–Crippen LogP) is 3.63. The SMILES string of the molecule is COc1ccc(NC(=O)c2cn3ccsc3n2)cc1C(=O)NCCCC(=O)N[C@@H](CCC(=O)N(C)OC)C(=O)NCCOCCOCCOCCOCCOCCOCCOCCOCCN(CCCS(=O)(=O)O)C(=O)OC[C@H]1C2CCCCCC[C@@H]21. The van der Waals surface area contributed by atoms with Crippen LogP contribution in [0.2, 0.25) is 0 Å². The number of carbonyl (C=O) groups is 6. The van der Waals surface area contributed by atoms with Gasteiger partial charge in [0.05, 0.1) is 138 Å². The number of hydrogen-bond donors (Lipinski definition) is 5. The summed E-state index contributed by atoms with van der Waals surface area (Å²) in [6, 6.07) is 3.61. The average Bonchev–Trinajstić information content (AvgIpc) is 1.75. The van der Waals surface area contributed by atoms with Crippen molar-refractivity contribution in [2.24, 2.45) is 17.8 Å². The summed E-state index contributed by atoms with van der Waals surface area (Å²) < 4.78 is 88.9. The maximum absolute atomic E-state index is 13.2. The Balaban J connectivity index is 0.802. The quantitative estimate of drug-likeness (QED) is 0.0306. The Morgan fingerprint density at radius 1 is 0.724 bits per heavy atom. The Labute approximate surface area is 513 Å². The molecule has 2 saturated carbocycles. The minimum absolute atomic E-state index is 0.00309. The van der Waals surface area contributed by atoms with Crippen molar-refractivity contribution in [1.29, 1.82) is 0 Å². The van der Waals surface area contributed by atoms with Crippen LogP contribution in [0.25, 0.3) is 4.96 Å². The molecule has 0 bridgehead atoms. The van der Waals surface area contributed by atoms with Crippen molar-refractivity contribution in [3.8, 4) is 5.75 Å². The van der Waals surface area contributed by atoms with Crippen LogP contribution >= 0.6 is 11.3 Å². The largest absolute Gasteiger partial charge is 0.496 e. The van der Waals surface area contributed by atoms with E-state index in [9.17, 15) is 37.2 Å². The number of ether oxygens (including phenoxy) is 10. The maximum atomic E-state index is 13.2. The molecule has 1 unspecified atom stereocenters. The van der Waals surface area contributed by atoms with Gasteiger partial charge in [0, 0.05) is 69.5 Å². The van der Waals surface area contributed by atoms with E-state index in [-0.39, 0.29) is 101 Å². The monoisotopic (exact) mass is 1270 g/mol. The van der Waals surface area contributed by atoms with Crippen LogP contribution in [0, 0.1) is 17.8 Å². The summed E-state index contributed by atoms with van der Waals surface area (Å²) in [6.07, 6.45) is 10.5. The molecule has 3 aromatic rings. The summed E-state index contributed by atoms with van der Waals surface area (Å²) >= 11 is 1.39. The lowest BCUT2D eigenvalue weighted by molar-refractivity contribution is -0.168. The lowest BCUT2D eigenvalue weighted by Crippen LogP contribution is -2.48. The van der Waals surface area contributed by atoms with E-state index < -0.39 is 51.6 Å². The second kappa shape index (κ2) is 41.6. The van der Waals surface area contributed by atoms with E-state index in [1.54, 1.807) is 28.9 Å². The predicted molar refractivity (Wildman–Crippen MR) is 318 cm³/mol. The Morgan fingerprint density at radius 2 is 1.31 bits per heavy atom. The zero-order valence-corrected chi connectivity index (χ0v) is 52.1. The van der Waals surface area contributed by atoms with Crippen LogP contribution in [-0.4, -0.2) is 240 Å². The smallest absolute Gasteiger partial charge is 0.409 e. The summed E-state index contributed by atoms with van der Waals surface area (Å²) in [4.78, 5) is 89.0. The Morgan fingerprint density at radius 3 is 1.87 bits per heavy atom. The molecular weight excluding hydrogens is 1180 g/mol. The fourth-order valence-electron chi connectivity index (χ4n) is 9.52. The summed E-state index contributed by atoms with van der Waals surface area (Å²) in [5, 5.41) is 13.8. The summed E-state index contributed by atoms with van der Waals surface area (Å²) in [7, 11) is 0.0557. The molecule has 87 heavy (non-hydrogen) atoms. The minimum atomic E-state index is -4.14. The molecule has 490 valence electrons. The molecule has 28 nitrogen and oxygen atoms in total. The van der Waals surface area contributed by atoms with Gasteiger partial charge >= 0.3 is 6.09 Å². The highest BCUT2D eigenvalue weighted by atomic mass is 32.2. The zero-order valence-electron chi connectivity index (χ0n) is 50.4. The summed E-state index contributed by atoms with van der Waals surface area (Å²) in [5.74, 6) is -0.788. The molecular formula is C57H90N8O20S2. The first-order chi connectivity index (χ1) is 42.2. The van der Waals surface area contributed by atoms with E-state index in [4.69, 9.17) is 56.8 Å². The third-order valence-corrected chi connectivity index (χ3v) is 15.9. The fourth-order valence-corrected chi connectivity index (χ4v) is 10.7. The van der Waals surface area contributed by atoms with Gasteiger partial charge in [-0.2, -0.15) is 8.42 Å². The van der Waals surface area contributed by atoms with Crippen LogP contribution in [-0.2, 0) is 72.0 Å². The standard InChI is InChI=1S/C57H90N8O20S2/c1-63(76-3)52(67)16-14-48(61-51(66)12-8-17-58-53(68)46-40-43(13-15-50(46)75-2)60-55(70)49-41-65-21-38-86-56(65)62-49)54(69)59-18-22-77-24-26-79-28-30-81-32-34-83-36-37-84-35-33-82-31-29-80-27-25-78-23-20-64(19-9-39-87(72,73)74)57(71)85-42-47-44-10-6-4-5-7-11-45(44)47/h13,15,21,38,40-41,44-45,47-48H,4-12,14,16-20,22-37,39,42H2,1-3H3,(H,58,68)(H,59,69)(H,60,70)(H,61,66)(H,72,73,74)/t44-,45?,47+,48-/m0/s1. The van der Waals surface area contributed by atoms with Crippen molar-refractivity contribution in [2.75, 3.05) is 171 Å². The molecule has 2 fully saturated rings. The van der Waals surface area contributed by atoms with E-state index in [2.05, 4.69) is 26.3 Å². The molecule has 2 aliphatic carbocycles. The lowest BCUT2D eigenvalue weighted by Gasteiger charge is -2.22. The first kappa shape index (κ1) is 72.1. The Kier molecular flexibility index (Phi) is 34.4. The molecule has 0 saturated heterocycles. The second-order valence-electron chi connectivity index (χ2n) is 20.6. The number of methoxy groups -OCH3 is 1. The molecule has 0 aliphatic heterocycles. The lowest BCUT2D eigenvalue weighted by atomic mass is 10.0. The van der Waals surface area contributed by atoms with Crippen molar-refractivity contribution in [3.05, 3.63) is 47.2 Å². The average molecular weight is 1270 g/mol. The molecule has 2 aliphatic rings. The Bertz CT molecular complexity index is 2590. The van der Waals surface area contributed by atoms with Gasteiger partial charge in [0.2, 0.25) is 17.7 Å². The van der Waals surface area contributed by atoms with Crippen molar-refractivity contribution >= 4 is 67.7 Å². The van der Waals surface area contributed by atoms with Gasteiger partial charge in [-0.1, -0.05) is 25.7 Å². The van der Waals surface area contributed by atoms with Crippen molar-refractivity contribution in [2.45, 2.75) is 76.7 Å². The van der Waals surface area contributed by atoms with E-state index in [0.29, 0.717) is 121 Å². The van der Waals surface area contributed by atoms with Gasteiger partial charge in [-0.3, -0.25) is 37.8 Å². The molecule has 0 spiro atoms. The van der Waals surface area contributed by atoms with Crippen molar-refractivity contribution in [1.82, 2.24) is 35.3 Å². The maximum Gasteiger partial charge on any atom is 0.409 e. The van der Waals surface area contributed by atoms with Crippen molar-refractivity contribution in [3.63, 3.8) is 0 Å². The van der Waals surface area contributed by atoms with E-state index in [1.165, 1.54) is 82.1 Å². The summed E-state index contributed by atoms with van der Waals surface area (Å²) in [6.45, 7) is 6.31. The topological polar surface area (TPSA) is 330 Å². The van der Waals surface area contributed by atoms with Gasteiger partial charge in [-0.05, 0) is 68.1 Å². The third-order valence-electron chi connectivity index (χ3n) is 14.3. The van der Waals surface area contributed by atoms with Crippen LogP contribution in [0.4, 0.5) is 10.5 Å². The Hall–Kier alpha value is -5.64. The number of fused-ring (bicyclic) bond motifs is 2. The number of anilines is 1. The number of benzene rings is 1. The molecule has 0 radical (unpaired) electrons. The number of imidazole rings is 1. The number of carbonyl (C=O) groups excluding carboxylic acids is 6. The number of nitrogens with zero attached hydrogens (tertiary/aromatic N) is 4. The van der Waals surface area contributed by atoms with Gasteiger partial charge in [0.1, 0.15) is 17.5 Å². The van der Waals surface area contributed by atoms with Crippen molar-refractivity contribution < 1.29 is 93.9 Å². The second-order valence-corrected chi connectivity index (χ2v) is 23.0. The molecule has 1 aromatic carbocycles. The highest BCUT2D eigenvalue weighted by molar-refractivity contribution is 7.85. The number of rotatable bonds is 47. The normalized spacial score (nSPS) is 16.0. The zero-order chi connectivity index (χ0) is 62.5. The van der Waals surface area contributed by atoms with Crippen LogP contribution in [0.5, 0.6) is 5.75 Å². The van der Waals surface area contributed by atoms with Gasteiger partial charge in [0.15, 0.2) is 4.96 Å². The highest BCUT2D eigenvalue weighted by Gasteiger charge is 2.49. The van der Waals surface area contributed by atoms with Gasteiger partial charge < -0.3 is 73.5 Å². The van der Waals surface area contributed by atoms with Gasteiger partial charge in [-0.15, -0.1) is 11.3 Å². The van der Waals surface area contributed by atoms with Crippen LogP contribution in [0.3, 0.4) is 0 Å². The van der Waals surface area contributed by atoms with Gasteiger partial charge in [-0.25, -0.2) is 14.8 Å². The highest BCUT2D eigenvalue weighted by Crippen LogP contribution is 2.53. The van der Waals surface area contributed by atoms with Crippen LogP contribution < -0.4 is 26.0 Å². The first-order valence-electron chi connectivity index (χ1n) is 29.7. The van der Waals surface area contributed by atoms with E-state index >= 15 is 0 Å². The number of hydroxylamine groups is 2. The van der Waals surface area contributed by atoms with E-state index in [0.717, 1.165) is 5.06 Å². The first-order valence-corrected chi connectivity index (χ1v) is 32.2. The number of aromatic nitrogens is 2.